The first-order valence-electron chi connectivity index (χ1n) is 3.42. The maximum absolute atomic E-state index is 10.4. The average molecular weight is 171 g/mol. The Morgan fingerprint density at radius 3 is 2.58 bits per heavy atom. The molecule has 0 radical (unpaired) electrons. The summed E-state index contributed by atoms with van der Waals surface area (Å²) in [6, 6.07) is 0. The smallest absolute Gasteiger partial charge is 0.407 e. The molecule has 0 bridgehead atoms. The number of primary amides is 1. The molecule has 1 amide bonds. The molecule has 0 aromatic rings. The molecular formula is C8H13NO3. The predicted molar refractivity (Wildman–Crippen MR) is 45.2 cm³/mol. The van der Waals surface area contributed by atoms with E-state index >= 15 is 0 Å². The number of hydrogen-bond donors (Lipinski definition) is 1. The second-order valence-corrected chi connectivity index (χ2v) is 2.33. The van der Waals surface area contributed by atoms with E-state index in [0.717, 1.165) is 0 Å². The fourth-order valence-corrected chi connectivity index (χ4v) is 0.765. The maximum atomic E-state index is 10.4. The maximum Gasteiger partial charge on any atom is 0.407 e. The van der Waals surface area contributed by atoms with Crippen LogP contribution in [0.5, 0.6) is 0 Å². The molecule has 0 aliphatic heterocycles. The van der Waals surface area contributed by atoms with Crippen LogP contribution in [-0.2, 0) is 9.47 Å². The number of carbonyl (C=O) groups excluding carboxylic acids is 1. The van der Waals surface area contributed by atoms with Crippen molar-refractivity contribution in [2.24, 2.45) is 5.73 Å². The summed E-state index contributed by atoms with van der Waals surface area (Å²) < 4.78 is 9.64. The summed E-state index contributed by atoms with van der Waals surface area (Å²) >= 11 is 0. The molecule has 1 unspecified atom stereocenters. The number of hydrogen-bond acceptors (Lipinski definition) is 3. The average Bonchev–Trinajstić information content (AvgIpc) is 1.85. The van der Waals surface area contributed by atoms with E-state index in [-0.39, 0.29) is 0 Å². The van der Waals surface area contributed by atoms with Crippen LogP contribution in [0, 0.1) is 0 Å². The lowest BCUT2D eigenvalue weighted by Crippen LogP contribution is -2.35. The summed E-state index contributed by atoms with van der Waals surface area (Å²) in [7, 11) is 0. The first-order chi connectivity index (χ1) is 5.54. The van der Waals surface area contributed by atoms with E-state index in [1.807, 2.05) is 0 Å². The summed E-state index contributed by atoms with van der Waals surface area (Å²) in [5.74, 6) is -1.09. The molecule has 0 saturated heterocycles. The number of nitrogens with two attached hydrogens (primary N) is 1. The van der Waals surface area contributed by atoms with Gasteiger partial charge in [0, 0.05) is 13.3 Å². The van der Waals surface area contributed by atoms with Crippen molar-refractivity contribution in [3.05, 3.63) is 25.5 Å². The van der Waals surface area contributed by atoms with Gasteiger partial charge in [0.05, 0.1) is 6.26 Å². The van der Waals surface area contributed by atoms with Crippen molar-refractivity contribution >= 4 is 6.09 Å². The number of carbonyl (C=O) groups is 1. The van der Waals surface area contributed by atoms with Crippen molar-refractivity contribution in [1.29, 1.82) is 0 Å². The van der Waals surface area contributed by atoms with E-state index in [4.69, 9.17) is 15.2 Å². The van der Waals surface area contributed by atoms with Crippen LogP contribution < -0.4 is 5.73 Å². The summed E-state index contributed by atoms with van der Waals surface area (Å²) in [6.07, 6.45) is 2.21. The van der Waals surface area contributed by atoms with E-state index in [1.165, 1.54) is 6.26 Å². The number of amides is 1. The molecule has 0 aliphatic carbocycles. The molecular weight excluding hydrogens is 158 g/mol. The van der Waals surface area contributed by atoms with E-state index in [1.54, 1.807) is 13.0 Å². The van der Waals surface area contributed by atoms with Gasteiger partial charge in [0.15, 0.2) is 0 Å². The highest BCUT2D eigenvalue weighted by atomic mass is 16.7. The Hall–Kier alpha value is -1.45. The Kier molecular flexibility index (Phi) is 3.90. The van der Waals surface area contributed by atoms with Crippen LogP contribution in [0.4, 0.5) is 4.79 Å². The molecule has 0 aromatic carbocycles. The predicted octanol–water partition coefficient (Wildman–Crippen LogP) is 1.53. The van der Waals surface area contributed by atoms with Gasteiger partial charge in [-0.05, 0) is 0 Å². The Morgan fingerprint density at radius 2 is 2.25 bits per heavy atom. The zero-order valence-corrected chi connectivity index (χ0v) is 7.08. The minimum atomic E-state index is -1.09. The second kappa shape index (κ2) is 4.43. The lowest BCUT2D eigenvalue weighted by atomic mass is 10.2. The molecule has 0 spiro atoms. The highest BCUT2D eigenvalue weighted by Crippen LogP contribution is 2.17. The molecule has 4 heteroatoms. The van der Waals surface area contributed by atoms with Gasteiger partial charge >= 0.3 is 6.09 Å². The van der Waals surface area contributed by atoms with Crippen LogP contribution in [0.1, 0.15) is 13.3 Å². The molecule has 0 aliphatic rings. The van der Waals surface area contributed by atoms with Crippen LogP contribution in [0.15, 0.2) is 25.5 Å². The van der Waals surface area contributed by atoms with Crippen molar-refractivity contribution in [2.75, 3.05) is 0 Å². The van der Waals surface area contributed by atoms with Crippen molar-refractivity contribution < 1.29 is 14.3 Å². The molecule has 0 heterocycles. The van der Waals surface area contributed by atoms with Crippen LogP contribution in [-0.4, -0.2) is 11.9 Å². The van der Waals surface area contributed by atoms with Crippen molar-refractivity contribution in [3.8, 4) is 0 Å². The minimum Gasteiger partial charge on any atom is -0.460 e. The topological polar surface area (TPSA) is 61.6 Å². The van der Waals surface area contributed by atoms with Gasteiger partial charge in [0.2, 0.25) is 0 Å². The highest BCUT2D eigenvalue weighted by molar-refractivity contribution is 5.65. The Labute approximate surface area is 71.6 Å². The van der Waals surface area contributed by atoms with Crippen LogP contribution in [0.2, 0.25) is 0 Å². The summed E-state index contributed by atoms with van der Waals surface area (Å²) in [5, 5.41) is 0. The molecule has 2 N–H and O–H groups in total. The Balaban J connectivity index is 4.25. The molecule has 0 rings (SSSR count). The Morgan fingerprint density at radius 1 is 1.67 bits per heavy atom. The fourth-order valence-electron chi connectivity index (χ4n) is 0.765. The van der Waals surface area contributed by atoms with Crippen LogP contribution >= 0.6 is 0 Å². The van der Waals surface area contributed by atoms with Crippen molar-refractivity contribution in [1.82, 2.24) is 0 Å². The molecule has 0 saturated carbocycles. The lowest BCUT2D eigenvalue weighted by molar-refractivity contribution is -0.147. The van der Waals surface area contributed by atoms with E-state index in [9.17, 15) is 4.79 Å². The van der Waals surface area contributed by atoms with Gasteiger partial charge in [0.1, 0.15) is 0 Å². The van der Waals surface area contributed by atoms with Gasteiger partial charge in [-0.3, -0.25) is 0 Å². The number of ether oxygens (including phenoxy) is 2. The third kappa shape index (κ3) is 3.65. The monoisotopic (exact) mass is 171 g/mol. The van der Waals surface area contributed by atoms with Gasteiger partial charge in [-0.1, -0.05) is 12.7 Å². The summed E-state index contributed by atoms with van der Waals surface area (Å²) in [6.45, 7) is 8.41. The standard InChI is InChI=1S/C8H13NO3/c1-4-6-8(3,11-5-2)12-7(9)10/h4-5H,1-2,6H2,3H3,(H2,9,10). The van der Waals surface area contributed by atoms with Crippen LogP contribution in [0.3, 0.4) is 0 Å². The molecule has 0 fully saturated rings. The van der Waals surface area contributed by atoms with E-state index in [0.29, 0.717) is 6.42 Å². The van der Waals surface area contributed by atoms with Crippen molar-refractivity contribution in [2.45, 2.75) is 19.1 Å². The third-order valence-electron chi connectivity index (χ3n) is 1.16. The van der Waals surface area contributed by atoms with Gasteiger partial charge in [-0.25, -0.2) is 4.79 Å². The minimum absolute atomic E-state index is 0.349. The Bertz CT molecular complexity index is 179. The van der Waals surface area contributed by atoms with Gasteiger partial charge < -0.3 is 15.2 Å². The fraction of sp³-hybridized carbons (Fsp3) is 0.375. The van der Waals surface area contributed by atoms with Gasteiger partial charge in [-0.15, -0.1) is 6.58 Å². The summed E-state index contributed by atoms with van der Waals surface area (Å²) in [4.78, 5) is 10.4. The van der Waals surface area contributed by atoms with Crippen LogP contribution in [0.25, 0.3) is 0 Å². The molecule has 12 heavy (non-hydrogen) atoms. The third-order valence-corrected chi connectivity index (χ3v) is 1.16. The zero-order chi connectivity index (χ0) is 9.61. The first kappa shape index (κ1) is 10.6. The lowest BCUT2D eigenvalue weighted by Gasteiger charge is -2.26. The largest absolute Gasteiger partial charge is 0.460 e. The van der Waals surface area contributed by atoms with E-state index in [2.05, 4.69) is 13.2 Å². The first-order valence-corrected chi connectivity index (χ1v) is 3.42. The molecule has 4 nitrogen and oxygen atoms in total. The van der Waals surface area contributed by atoms with Gasteiger partial charge in [0.25, 0.3) is 5.79 Å². The molecule has 0 aromatic heterocycles. The normalized spacial score (nSPS) is 14.1. The van der Waals surface area contributed by atoms with Gasteiger partial charge in [-0.2, -0.15) is 0 Å². The quantitative estimate of drug-likeness (QED) is 0.387. The molecule has 68 valence electrons. The highest BCUT2D eigenvalue weighted by Gasteiger charge is 2.26. The zero-order valence-electron chi connectivity index (χ0n) is 7.08. The summed E-state index contributed by atoms with van der Waals surface area (Å²) in [5.41, 5.74) is 4.83. The van der Waals surface area contributed by atoms with E-state index < -0.39 is 11.9 Å². The molecule has 1 atom stereocenters. The SMILES string of the molecule is C=CCC(C)(OC=C)OC(N)=O. The van der Waals surface area contributed by atoms with Crippen molar-refractivity contribution in [3.63, 3.8) is 0 Å². The second-order valence-electron chi connectivity index (χ2n) is 2.33. The number of rotatable bonds is 5.